The number of benzene rings is 1. The summed E-state index contributed by atoms with van der Waals surface area (Å²) in [5, 5.41) is 2.67. The Kier molecular flexibility index (Phi) is 3.34. The van der Waals surface area contributed by atoms with Crippen LogP contribution < -0.4 is 10.2 Å². The molecule has 0 radical (unpaired) electrons. The number of hydrogen-bond acceptors (Lipinski definition) is 3. The van der Waals surface area contributed by atoms with Crippen LogP contribution in [0.15, 0.2) is 24.3 Å². The number of rotatable bonds is 2. The molecule has 3 amide bonds. The Morgan fingerprint density at radius 3 is 2.95 bits per heavy atom. The molecule has 5 heteroatoms. The van der Waals surface area contributed by atoms with Crippen molar-refractivity contribution in [1.29, 1.82) is 0 Å². The number of amides is 3. The van der Waals surface area contributed by atoms with Crippen molar-refractivity contribution in [1.82, 2.24) is 10.2 Å². The van der Waals surface area contributed by atoms with E-state index in [0.717, 1.165) is 18.5 Å². The molecule has 1 atom stereocenters. The van der Waals surface area contributed by atoms with Crippen LogP contribution >= 0.6 is 0 Å². The Morgan fingerprint density at radius 1 is 1.40 bits per heavy atom. The van der Waals surface area contributed by atoms with E-state index < -0.39 is 0 Å². The third kappa shape index (κ3) is 2.24. The first kappa shape index (κ1) is 13.0. The number of hydrogen-bond donors (Lipinski definition) is 1. The molecule has 0 saturated carbocycles. The molecule has 5 nitrogen and oxygen atoms in total. The molecule has 1 aromatic rings. The lowest BCUT2D eigenvalue weighted by atomic mass is 9.96. The highest BCUT2D eigenvalue weighted by Gasteiger charge is 2.30. The smallest absolute Gasteiger partial charge is 0.324 e. The van der Waals surface area contributed by atoms with Gasteiger partial charge in [0.05, 0.1) is 6.54 Å². The van der Waals surface area contributed by atoms with E-state index in [2.05, 4.69) is 29.3 Å². The predicted octanol–water partition coefficient (Wildman–Crippen LogP) is 1.38. The van der Waals surface area contributed by atoms with Crippen LogP contribution in [0.4, 0.5) is 10.5 Å². The van der Waals surface area contributed by atoms with Gasteiger partial charge in [-0.15, -0.1) is 0 Å². The SMILES string of the molecule is CC1CCc2ccccc2N1CC(=O)N1CCNC1=O. The third-order valence-electron chi connectivity index (χ3n) is 4.13. The van der Waals surface area contributed by atoms with Crippen LogP contribution in [0.1, 0.15) is 18.9 Å². The van der Waals surface area contributed by atoms with Crippen molar-refractivity contribution in [3.63, 3.8) is 0 Å². The van der Waals surface area contributed by atoms with Crippen molar-refractivity contribution in [2.24, 2.45) is 0 Å². The maximum Gasteiger partial charge on any atom is 0.324 e. The zero-order valence-corrected chi connectivity index (χ0v) is 11.6. The minimum absolute atomic E-state index is 0.122. The molecule has 2 aliphatic rings. The lowest BCUT2D eigenvalue weighted by molar-refractivity contribution is -0.126. The van der Waals surface area contributed by atoms with Crippen LogP contribution in [0.25, 0.3) is 0 Å². The van der Waals surface area contributed by atoms with Gasteiger partial charge in [-0.25, -0.2) is 4.79 Å². The highest BCUT2D eigenvalue weighted by molar-refractivity contribution is 5.98. The maximum atomic E-state index is 12.3. The quantitative estimate of drug-likeness (QED) is 0.885. The molecule has 0 aromatic heterocycles. The van der Waals surface area contributed by atoms with E-state index in [-0.39, 0.29) is 18.5 Å². The molecule has 0 spiro atoms. The molecule has 0 bridgehead atoms. The molecule has 1 unspecified atom stereocenters. The lowest BCUT2D eigenvalue weighted by Crippen LogP contribution is -2.46. The van der Waals surface area contributed by atoms with E-state index in [9.17, 15) is 9.59 Å². The number of para-hydroxylation sites is 1. The van der Waals surface area contributed by atoms with Gasteiger partial charge in [-0.05, 0) is 31.4 Å². The van der Waals surface area contributed by atoms with Gasteiger partial charge in [0, 0.05) is 24.8 Å². The first-order valence-electron chi connectivity index (χ1n) is 7.09. The average Bonchev–Trinajstić information content (AvgIpc) is 2.88. The highest BCUT2D eigenvalue weighted by Crippen LogP contribution is 2.30. The first-order valence-corrected chi connectivity index (χ1v) is 7.09. The van der Waals surface area contributed by atoms with Crippen LogP contribution in [0.5, 0.6) is 0 Å². The van der Waals surface area contributed by atoms with Crippen LogP contribution in [0.2, 0.25) is 0 Å². The van der Waals surface area contributed by atoms with Crippen molar-refractivity contribution < 1.29 is 9.59 Å². The average molecular weight is 273 g/mol. The number of nitrogens with one attached hydrogen (secondary N) is 1. The Labute approximate surface area is 118 Å². The summed E-state index contributed by atoms with van der Waals surface area (Å²) >= 11 is 0. The molecular weight excluding hydrogens is 254 g/mol. The number of aryl methyl sites for hydroxylation is 1. The molecule has 1 saturated heterocycles. The number of imide groups is 1. The minimum atomic E-state index is -0.270. The topological polar surface area (TPSA) is 52.7 Å². The summed E-state index contributed by atoms with van der Waals surface area (Å²) < 4.78 is 0. The number of carbonyl (C=O) groups is 2. The van der Waals surface area contributed by atoms with Crippen molar-refractivity contribution in [3.05, 3.63) is 29.8 Å². The van der Waals surface area contributed by atoms with Crippen LogP contribution in [-0.4, -0.2) is 42.5 Å². The predicted molar refractivity (Wildman–Crippen MR) is 76.7 cm³/mol. The van der Waals surface area contributed by atoms with Gasteiger partial charge >= 0.3 is 6.03 Å². The second-order valence-corrected chi connectivity index (χ2v) is 5.42. The summed E-state index contributed by atoms with van der Waals surface area (Å²) in [6.45, 7) is 3.43. The van der Waals surface area contributed by atoms with E-state index in [4.69, 9.17) is 0 Å². The second kappa shape index (κ2) is 5.15. The van der Waals surface area contributed by atoms with Gasteiger partial charge < -0.3 is 10.2 Å². The Balaban J connectivity index is 1.79. The molecule has 1 N–H and O–H groups in total. The summed E-state index contributed by atoms with van der Waals surface area (Å²) in [7, 11) is 0. The Bertz CT molecular complexity index is 544. The number of anilines is 1. The van der Waals surface area contributed by atoms with Crippen LogP contribution in [0.3, 0.4) is 0 Å². The first-order chi connectivity index (χ1) is 9.66. The van der Waals surface area contributed by atoms with Crippen LogP contribution in [-0.2, 0) is 11.2 Å². The summed E-state index contributed by atoms with van der Waals surface area (Å²) in [5.41, 5.74) is 2.41. The van der Waals surface area contributed by atoms with Gasteiger partial charge in [0.25, 0.3) is 0 Å². The van der Waals surface area contributed by atoms with Gasteiger partial charge in [0.15, 0.2) is 0 Å². The van der Waals surface area contributed by atoms with Gasteiger partial charge in [-0.3, -0.25) is 9.69 Å². The van der Waals surface area contributed by atoms with Gasteiger partial charge in [0.1, 0.15) is 0 Å². The fourth-order valence-electron chi connectivity index (χ4n) is 2.94. The van der Waals surface area contributed by atoms with Crippen LogP contribution in [0, 0.1) is 0 Å². The summed E-state index contributed by atoms with van der Waals surface area (Å²) in [5.74, 6) is -0.122. The standard InChI is InChI=1S/C15H19N3O2/c1-11-6-7-12-4-2-3-5-13(12)18(11)10-14(19)17-9-8-16-15(17)20/h2-5,11H,6-10H2,1H3,(H,16,20). The summed E-state index contributed by atoms with van der Waals surface area (Å²) in [6, 6.07) is 8.25. The maximum absolute atomic E-state index is 12.3. The second-order valence-electron chi connectivity index (χ2n) is 5.42. The van der Waals surface area contributed by atoms with Gasteiger partial charge in [-0.1, -0.05) is 18.2 Å². The highest BCUT2D eigenvalue weighted by atomic mass is 16.2. The van der Waals surface area contributed by atoms with Gasteiger partial charge in [0.2, 0.25) is 5.91 Å². The largest absolute Gasteiger partial charge is 0.359 e. The monoisotopic (exact) mass is 273 g/mol. The van der Waals surface area contributed by atoms with Crippen molar-refractivity contribution in [2.45, 2.75) is 25.8 Å². The zero-order valence-electron chi connectivity index (χ0n) is 11.6. The van der Waals surface area contributed by atoms with Gasteiger partial charge in [-0.2, -0.15) is 0 Å². The molecule has 0 aliphatic carbocycles. The molecule has 2 heterocycles. The minimum Gasteiger partial charge on any atom is -0.359 e. The fourth-order valence-corrected chi connectivity index (χ4v) is 2.94. The zero-order chi connectivity index (χ0) is 14.1. The number of urea groups is 1. The van der Waals surface area contributed by atoms with Crippen molar-refractivity contribution in [3.8, 4) is 0 Å². The Morgan fingerprint density at radius 2 is 2.20 bits per heavy atom. The lowest BCUT2D eigenvalue weighted by Gasteiger charge is -2.37. The normalized spacial score (nSPS) is 21.6. The fraction of sp³-hybridized carbons (Fsp3) is 0.467. The molecule has 2 aliphatic heterocycles. The third-order valence-corrected chi connectivity index (χ3v) is 4.13. The number of fused-ring (bicyclic) bond motifs is 1. The summed E-state index contributed by atoms with van der Waals surface area (Å²) in [6.07, 6.45) is 2.09. The van der Waals surface area contributed by atoms with E-state index in [1.54, 1.807) is 0 Å². The van der Waals surface area contributed by atoms with E-state index >= 15 is 0 Å². The van der Waals surface area contributed by atoms with E-state index in [0.29, 0.717) is 19.1 Å². The van der Waals surface area contributed by atoms with Crippen molar-refractivity contribution >= 4 is 17.6 Å². The molecule has 20 heavy (non-hydrogen) atoms. The molecule has 3 rings (SSSR count). The molecule has 106 valence electrons. The van der Waals surface area contributed by atoms with E-state index in [1.807, 2.05) is 12.1 Å². The Hall–Kier alpha value is -2.04. The molecule has 1 fully saturated rings. The van der Waals surface area contributed by atoms with E-state index in [1.165, 1.54) is 10.5 Å². The van der Waals surface area contributed by atoms with Crippen molar-refractivity contribution in [2.75, 3.05) is 24.5 Å². The summed E-state index contributed by atoms with van der Waals surface area (Å²) in [4.78, 5) is 27.3. The molecular formula is C15H19N3O2. The number of nitrogens with zero attached hydrogens (tertiary/aromatic N) is 2. The number of carbonyl (C=O) groups excluding carboxylic acids is 2. The molecule has 1 aromatic carbocycles.